The predicted octanol–water partition coefficient (Wildman–Crippen LogP) is 4.39. The van der Waals surface area contributed by atoms with Crippen molar-refractivity contribution in [1.29, 1.82) is 0 Å². The van der Waals surface area contributed by atoms with Crippen molar-refractivity contribution in [3.63, 3.8) is 0 Å². The van der Waals surface area contributed by atoms with Crippen molar-refractivity contribution in [2.45, 2.75) is 0 Å². The zero-order valence-corrected chi connectivity index (χ0v) is 12.4. The number of fused-ring (bicyclic) bond motifs is 1. The number of rotatable bonds is 2. The highest BCUT2D eigenvalue weighted by atomic mass is 16.2. The van der Waals surface area contributed by atoms with E-state index in [2.05, 4.69) is 4.98 Å². The molecular weight excluding hydrogens is 284 g/mol. The van der Waals surface area contributed by atoms with Crippen molar-refractivity contribution in [2.75, 3.05) is 0 Å². The summed E-state index contributed by atoms with van der Waals surface area (Å²) in [6.07, 6.45) is 1.74. The normalized spacial score (nSPS) is 10.8. The smallest absolute Gasteiger partial charge is 0.262 e. The van der Waals surface area contributed by atoms with Crippen LogP contribution in [0, 0.1) is 0 Å². The molecule has 2 aromatic carbocycles. The number of pyridine rings is 1. The van der Waals surface area contributed by atoms with Gasteiger partial charge in [0.15, 0.2) is 0 Å². The molecule has 0 radical (unpaired) electrons. The first-order valence-electron chi connectivity index (χ1n) is 7.46. The number of carbonyl (C=O) groups is 1. The van der Waals surface area contributed by atoms with Crippen LogP contribution in [-0.2, 0) is 0 Å². The van der Waals surface area contributed by atoms with Gasteiger partial charge in [-0.3, -0.25) is 14.3 Å². The van der Waals surface area contributed by atoms with Crippen LogP contribution in [0.4, 0.5) is 0 Å². The zero-order valence-electron chi connectivity index (χ0n) is 12.4. The molecule has 0 aliphatic carbocycles. The summed E-state index contributed by atoms with van der Waals surface area (Å²) in [5, 5.41) is 1.03. The van der Waals surface area contributed by atoms with Gasteiger partial charge < -0.3 is 0 Å². The van der Waals surface area contributed by atoms with Gasteiger partial charge in [0.05, 0.1) is 16.9 Å². The quantitative estimate of drug-likeness (QED) is 0.550. The second-order valence-electron chi connectivity index (χ2n) is 5.31. The predicted molar refractivity (Wildman–Crippen MR) is 91.3 cm³/mol. The first-order valence-corrected chi connectivity index (χ1v) is 7.46. The molecule has 0 unspecified atom stereocenters. The van der Waals surface area contributed by atoms with E-state index in [-0.39, 0.29) is 5.91 Å². The van der Waals surface area contributed by atoms with E-state index in [0.717, 1.165) is 22.3 Å². The first-order chi connectivity index (χ1) is 11.3. The van der Waals surface area contributed by atoms with E-state index < -0.39 is 0 Å². The molecule has 0 atom stereocenters. The Bertz CT molecular complexity index is 972. The first kappa shape index (κ1) is 13.5. The number of benzene rings is 2. The summed E-state index contributed by atoms with van der Waals surface area (Å²) in [7, 11) is 0. The minimum atomic E-state index is -0.0487. The molecule has 3 nitrogen and oxygen atoms in total. The van der Waals surface area contributed by atoms with E-state index in [9.17, 15) is 4.79 Å². The Kier molecular flexibility index (Phi) is 3.24. The molecule has 3 heteroatoms. The van der Waals surface area contributed by atoms with E-state index in [1.54, 1.807) is 10.8 Å². The molecular formula is C20H14N2O. The summed E-state index contributed by atoms with van der Waals surface area (Å²) < 4.78 is 1.74. The topological polar surface area (TPSA) is 34.9 Å². The maximum Gasteiger partial charge on any atom is 0.262 e. The molecule has 4 aromatic rings. The van der Waals surface area contributed by atoms with Gasteiger partial charge in [-0.25, -0.2) is 0 Å². The summed E-state index contributed by atoms with van der Waals surface area (Å²) in [5.41, 5.74) is 3.14. The van der Waals surface area contributed by atoms with Crippen LogP contribution in [0.15, 0.2) is 85.1 Å². The molecule has 0 spiro atoms. The molecule has 23 heavy (non-hydrogen) atoms. The van der Waals surface area contributed by atoms with Crippen molar-refractivity contribution in [3.05, 3.63) is 90.6 Å². The van der Waals surface area contributed by atoms with Crippen LogP contribution in [0.3, 0.4) is 0 Å². The van der Waals surface area contributed by atoms with Crippen LogP contribution in [0.2, 0.25) is 0 Å². The summed E-state index contributed by atoms with van der Waals surface area (Å²) in [6.45, 7) is 0. The largest absolute Gasteiger partial charge is 0.274 e. The van der Waals surface area contributed by atoms with Crippen molar-refractivity contribution in [3.8, 4) is 11.4 Å². The fourth-order valence-electron chi connectivity index (χ4n) is 2.79. The van der Waals surface area contributed by atoms with Gasteiger partial charge in [-0.05, 0) is 36.4 Å². The van der Waals surface area contributed by atoms with Crippen molar-refractivity contribution in [1.82, 2.24) is 9.55 Å². The molecule has 0 aliphatic rings. The van der Waals surface area contributed by atoms with Gasteiger partial charge in [0, 0.05) is 17.1 Å². The molecule has 2 aromatic heterocycles. The number of hydrogen-bond acceptors (Lipinski definition) is 2. The molecule has 0 fully saturated rings. The lowest BCUT2D eigenvalue weighted by atomic mass is 10.2. The maximum atomic E-state index is 13.1. The third-order valence-electron chi connectivity index (χ3n) is 3.86. The second-order valence-corrected chi connectivity index (χ2v) is 5.31. The molecule has 0 bridgehead atoms. The Morgan fingerprint density at radius 3 is 2.35 bits per heavy atom. The molecule has 0 saturated carbocycles. The number of nitrogens with zero attached hydrogens (tertiary/aromatic N) is 2. The van der Waals surface area contributed by atoms with Crippen LogP contribution in [0.25, 0.3) is 22.3 Å². The lowest BCUT2D eigenvalue weighted by Crippen LogP contribution is -2.13. The van der Waals surface area contributed by atoms with Crippen LogP contribution in [0.1, 0.15) is 10.4 Å². The monoisotopic (exact) mass is 298 g/mol. The molecule has 110 valence electrons. The second kappa shape index (κ2) is 5.54. The highest BCUT2D eigenvalue weighted by Crippen LogP contribution is 2.27. The van der Waals surface area contributed by atoms with Crippen molar-refractivity contribution in [2.24, 2.45) is 0 Å². The molecule has 0 aliphatic heterocycles. The van der Waals surface area contributed by atoms with E-state index >= 15 is 0 Å². The Morgan fingerprint density at radius 2 is 1.57 bits per heavy atom. The van der Waals surface area contributed by atoms with Crippen molar-refractivity contribution >= 4 is 16.8 Å². The number of para-hydroxylation sites is 1. The van der Waals surface area contributed by atoms with Gasteiger partial charge in [-0.1, -0.05) is 42.5 Å². The van der Waals surface area contributed by atoms with Gasteiger partial charge in [0.2, 0.25) is 0 Å². The standard InChI is InChI=1S/C20H14N2O/c23-20(15-8-2-1-3-9-15)22-18-12-5-4-10-16(18)14-19(22)17-11-6-7-13-21-17/h1-14H. The maximum absolute atomic E-state index is 13.1. The highest BCUT2D eigenvalue weighted by Gasteiger charge is 2.18. The Morgan fingerprint density at radius 1 is 0.826 bits per heavy atom. The number of hydrogen-bond donors (Lipinski definition) is 0. The summed E-state index contributed by atoms with van der Waals surface area (Å²) in [4.78, 5) is 17.5. The van der Waals surface area contributed by atoms with Gasteiger partial charge in [0.25, 0.3) is 5.91 Å². The summed E-state index contributed by atoms with van der Waals surface area (Å²) in [6, 6.07) is 24.9. The average Bonchev–Trinajstić information content (AvgIpc) is 3.02. The third kappa shape index (κ3) is 2.32. The molecule has 0 saturated heterocycles. The Hall–Kier alpha value is -3.20. The zero-order chi connectivity index (χ0) is 15.6. The average molecular weight is 298 g/mol. The van der Waals surface area contributed by atoms with E-state index in [4.69, 9.17) is 0 Å². The van der Waals surface area contributed by atoms with E-state index in [1.165, 1.54) is 0 Å². The van der Waals surface area contributed by atoms with Crippen LogP contribution in [0.5, 0.6) is 0 Å². The van der Waals surface area contributed by atoms with Crippen molar-refractivity contribution < 1.29 is 4.79 Å². The van der Waals surface area contributed by atoms with E-state index in [1.807, 2.05) is 78.9 Å². The number of carbonyl (C=O) groups excluding carboxylic acids is 1. The van der Waals surface area contributed by atoms with Gasteiger partial charge >= 0.3 is 0 Å². The minimum absolute atomic E-state index is 0.0487. The molecule has 4 rings (SSSR count). The van der Waals surface area contributed by atoms with E-state index in [0.29, 0.717) is 5.56 Å². The van der Waals surface area contributed by atoms with Gasteiger partial charge in [0.1, 0.15) is 0 Å². The summed E-state index contributed by atoms with van der Waals surface area (Å²) >= 11 is 0. The fraction of sp³-hybridized carbons (Fsp3) is 0. The summed E-state index contributed by atoms with van der Waals surface area (Å²) in [5.74, 6) is -0.0487. The lowest BCUT2D eigenvalue weighted by Gasteiger charge is -2.09. The fourth-order valence-corrected chi connectivity index (χ4v) is 2.79. The Labute approximate surface area is 133 Å². The van der Waals surface area contributed by atoms with Crippen LogP contribution < -0.4 is 0 Å². The van der Waals surface area contributed by atoms with Gasteiger partial charge in [-0.15, -0.1) is 0 Å². The molecule has 0 N–H and O–H groups in total. The molecule has 2 heterocycles. The minimum Gasteiger partial charge on any atom is -0.274 e. The Balaban J connectivity index is 1.99. The lowest BCUT2D eigenvalue weighted by molar-refractivity contribution is 0.0966. The third-order valence-corrected chi connectivity index (χ3v) is 3.86. The molecule has 0 amide bonds. The van der Waals surface area contributed by atoms with Crippen LogP contribution in [-0.4, -0.2) is 15.5 Å². The highest BCUT2D eigenvalue weighted by molar-refractivity contribution is 6.05. The van der Waals surface area contributed by atoms with Gasteiger partial charge in [-0.2, -0.15) is 0 Å². The number of aromatic nitrogens is 2. The van der Waals surface area contributed by atoms with Crippen LogP contribution >= 0.6 is 0 Å². The SMILES string of the molecule is O=C(c1ccccc1)n1c(-c2ccccn2)cc2ccccc21.